The minimum Gasteiger partial charge on any atom is -0.304 e. The molecule has 0 aliphatic carbocycles. The fourth-order valence-electron chi connectivity index (χ4n) is 2.01. The molecule has 0 radical (unpaired) electrons. The molecule has 16 heavy (non-hydrogen) atoms. The molecule has 1 saturated heterocycles. The van der Waals surface area contributed by atoms with E-state index >= 15 is 0 Å². The molecule has 1 heterocycles. The van der Waals surface area contributed by atoms with E-state index in [2.05, 4.69) is 56.1 Å². The predicted molar refractivity (Wildman–Crippen MR) is 71.8 cm³/mol. The summed E-state index contributed by atoms with van der Waals surface area (Å²) in [6.07, 6.45) is 5.25. The molecule has 0 amide bonds. The molecule has 0 N–H and O–H groups in total. The molecule has 1 atom stereocenters. The maximum absolute atomic E-state index is 2.40. The van der Waals surface area contributed by atoms with Crippen molar-refractivity contribution >= 4 is 0 Å². The zero-order valence-corrected chi connectivity index (χ0v) is 10.9. The number of benzene rings is 1. The van der Waals surface area contributed by atoms with Gasteiger partial charge in [0.25, 0.3) is 0 Å². The van der Waals surface area contributed by atoms with Gasteiger partial charge in [0.15, 0.2) is 0 Å². The standard InChI is InChI=1S/C9H12.C6H13N/c1-2-6-9-7-4-3-5-8-9;1-6-4-3-5-7(6)2/h3-5,7-8H,2,6H2,1H3;6H,3-5H2,1-2H3. The van der Waals surface area contributed by atoms with Gasteiger partial charge >= 0.3 is 0 Å². The third-order valence-electron chi connectivity index (χ3n) is 3.27. The predicted octanol–water partition coefficient (Wildman–Crippen LogP) is 3.74. The van der Waals surface area contributed by atoms with Gasteiger partial charge in [-0.2, -0.15) is 0 Å². The first-order valence-corrected chi connectivity index (χ1v) is 6.48. The number of hydrogen-bond donors (Lipinski definition) is 0. The molecule has 1 aromatic carbocycles. The van der Waals surface area contributed by atoms with Gasteiger partial charge < -0.3 is 4.90 Å². The Bertz CT molecular complexity index is 260. The lowest BCUT2D eigenvalue weighted by atomic mass is 10.1. The van der Waals surface area contributed by atoms with Gasteiger partial charge in [0.05, 0.1) is 0 Å². The van der Waals surface area contributed by atoms with E-state index in [1.165, 1.54) is 37.8 Å². The highest BCUT2D eigenvalue weighted by atomic mass is 15.1. The van der Waals surface area contributed by atoms with Crippen LogP contribution in [0, 0.1) is 0 Å². The van der Waals surface area contributed by atoms with Gasteiger partial charge in [-0.05, 0) is 45.3 Å². The van der Waals surface area contributed by atoms with Gasteiger partial charge in [-0.15, -0.1) is 0 Å². The first kappa shape index (κ1) is 13.2. The highest BCUT2D eigenvalue weighted by Gasteiger charge is 2.14. The average Bonchev–Trinajstić information content (AvgIpc) is 2.66. The van der Waals surface area contributed by atoms with Crippen molar-refractivity contribution in [3.05, 3.63) is 35.9 Å². The summed E-state index contributed by atoms with van der Waals surface area (Å²) in [5.41, 5.74) is 1.44. The zero-order valence-electron chi connectivity index (χ0n) is 10.9. The topological polar surface area (TPSA) is 3.24 Å². The van der Waals surface area contributed by atoms with Crippen molar-refractivity contribution in [1.82, 2.24) is 4.90 Å². The van der Waals surface area contributed by atoms with Gasteiger partial charge in [-0.1, -0.05) is 43.7 Å². The molecular formula is C15H25N. The number of nitrogens with zero attached hydrogens (tertiary/aromatic N) is 1. The van der Waals surface area contributed by atoms with Crippen LogP contribution in [0.3, 0.4) is 0 Å². The first-order valence-electron chi connectivity index (χ1n) is 6.48. The molecule has 0 saturated carbocycles. The van der Waals surface area contributed by atoms with Crippen molar-refractivity contribution in [1.29, 1.82) is 0 Å². The summed E-state index contributed by atoms with van der Waals surface area (Å²) in [5, 5.41) is 0. The highest BCUT2D eigenvalue weighted by molar-refractivity contribution is 5.14. The third-order valence-corrected chi connectivity index (χ3v) is 3.27. The van der Waals surface area contributed by atoms with E-state index in [0.29, 0.717) is 0 Å². The van der Waals surface area contributed by atoms with Crippen LogP contribution in [0.5, 0.6) is 0 Å². The van der Waals surface area contributed by atoms with E-state index in [9.17, 15) is 0 Å². The van der Waals surface area contributed by atoms with Crippen LogP contribution in [0.1, 0.15) is 38.7 Å². The monoisotopic (exact) mass is 219 g/mol. The lowest BCUT2D eigenvalue weighted by Crippen LogP contribution is -2.20. The van der Waals surface area contributed by atoms with Crippen molar-refractivity contribution in [2.45, 2.75) is 45.6 Å². The van der Waals surface area contributed by atoms with Crippen LogP contribution in [0.4, 0.5) is 0 Å². The Labute approximate surface area is 100 Å². The van der Waals surface area contributed by atoms with Crippen LogP contribution in [0.25, 0.3) is 0 Å². The number of rotatable bonds is 2. The summed E-state index contributed by atoms with van der Waals surface area (Å²) in [6.45, 7) is 5.79. The summed E-state index contributed by atoms with van der Waals surface area (Å²) in [7, 11) is 2.19. The minimum atomic E-state index is 0.847. The van der Waals surface area contributed by atoms with E-state index in [1.54, 1.807) is 0 Å². The molecule has 1 aliphatic heterocycles. The van der Waals surface area contributed by atoms with Crippen molar-refractivity contribution in [2.24, 2.45) is 0 Å². The molecule has 0 bridgehead atoms. The molecule has 90 valence electrons. The van der Waals surface area contributed by atoms with Gasteiger partial charge in [-0.25, -0.2) is 0 Å². The van der Waals surface area contributed by atoms with Gasteiger partial charge in [0, 0.05) is 6.04 Å². The Morgan fingerprint density at radius 1 is 1.25 bits per heavy atom. The molecule has 1 aromatic rings. The lowest BCUT2D eigenvalue weighted by Gasteiger charge is -2.12. The van der Waals surface area contributed by atoms with Crippen molar-refractivity contribution in [2.75, 3.05) is 13.6 Å². The SMILES string of the molecule is CC1CCCN1C.CCCc1ccccc1. The van der Waals surface area contributed by atoms with Crippen LogP contribution in [-0.4, -0.2) is 24.5 Å². The Hall–Kier alpha value is -0.820. The van der Waals surface area contributed by atoms with Gasteiger partial charge in [0.1, 0.15) is 0 Å². The van der Waals surface area contributed by atoms with E-state index in [-0.39, 0.29) is 0 Å². The molecule has 1 aliphatic rings. The normalized spacial score (nSPS) is 20.3. The first-order chi connectivity index (χ1) is 7.74. The fourth-order valence-corrected chi connectivity index (χ4v) is 2.01. The zero-order chi connectivity index (χ0) is 11.8. The molecule has 1 fully saturated rings. The second kappa shape index (κ2) is 7.45. The second-order valence-electron chi connectivity index (χ2n) is 4.71. The van der Waals surface area contributed by atoms with Gasteiger partial charge in [0.2, 0.25) is 0 Å². The summed E-state index contributed by atoms with van der Waals surface area (Å²) < 4.78 is 0. The van der Waals surface area contributed by atoms with Crippen LogP contribution >= 0.6 is 0 Å². The maximum atomic E-state index is 2.40. The van der Waals surface area contributed by atoms with Crippen molar-refractivity contribution < 1.29 is 0 Å². The summed E-state index contributed by atoms with van der Waals surface area (Å²) in [4.78, 5) is 2.40. The highest BCUT2D eigenvalue weighted by Crippen LogP contribution is 2.12. The average molecular weight is 219 g/mol. The summed E-state index contributed by atoms with van der Waals surface area (Å²) in [5.74, 6) is 0. The maximum Gasteiger partial charge on any atom is 0.00643 e. The van der Waals surface area contributed by atoms with Crippen LogP contribution in [0.15, 0.2) is 30.3 Å². The molecule has 1 nitrogen and oxygen atoms in total. The Kier molecular flexibility index (Phi) is 6.17. The molecular weight excluding hydrogens is 194 g/mol. The molecule has 1 unspecified atom stereocenters. The number of likely N-dealkylation sites (tertiary alicyclic amines) is 1. The van der Waals surface area contributed by atoms with E-state index < -0.39 is 0 Å². The van der Waals surface area contributed by atoms with Crippen molar-refractivity contribution in [3.63, 3.8) is 0 Å². The Balaban J connectivity index is 0.000000165. The summed E-state index contributed by atoms with van der Waals surface area (Å²) >= 11 is 0. The Morgan fingerprint density at radius 2 is 1.94 bits per heavy atom. The Morgan fingerprint density at radius 3 is 2.31 bits per heavy atom. The third kappa shape index (κ3) is 4.80. The summed E-state index contributed by atoms with van der Waals surface area (Å²) in [6, 6.07) is 11.4. The molecule has 0 spiro atoms. The molecule has 2 rings (SSSR count). The number of hydrogen-bond acceptors (Lipinski definition) is 1. The van der Waals surface area contributed by atoms with Crippen LogP contribution in [-0.2, 0) is 6.42 Å². The largest absolute Gasteiger partial charge is 0.304 e. The fraction of sp³-hybridized carbons (Fsp3) is 0.600. The smallest absolute Gasteiger partial charge is 0.00643 e. The molecule has 1 heteroatoms. The lowest BCUT2D eigenvalue weighted by molar-refractivity contribution is 0.331. The number of aryl methyl sites for hydroxylation is 1. The molecule has 0 aromatic heterocycles. The van der Waals surface area contributed by atoms with Crippen LogP contribution in [0.2, 0.25) is 0 Å². The van der Waals surface area contributed by atoms with E-state index in [4.69, 9.17) is 0 Å². The van der Waals surface area contributed by atoms with E-state index in [0.717, 1.165) is 6.04 Å². The van der Waals surface area contributed by atoms with E-state index in [1.807, 2.05) is 0 Å². The van der Waals surface area contributed by atoms with Gasteiger partial charge in [-0.3, -0.25) is 0 Å². The second-order valence-corrected chi connectivity index (χ2v) is 4.71. The van der Waals surface area contributed by atoms with Crippen LogP contribution < -0.4 is 0 Å². The minimum absolute atomic E-state index is 0.847. The van der Waals surface area contributed by atoms with Crippen molar-refractivity contribution in [3.8, 4) is 0 Å². The quantitative estimate of drug-likeness (QED) is 0.732.